The van der Waals surface area contributed by atoms with Crippen molar-refractivity contribution in [2.75, 3.05) is 6.54 Å². The lowest BCUT2D eigenvalue weighted by Crippen LogP contribution is -2.25. The summed E-state index contributed by atoms with van der Waals surface area (Å²) < 4.78 is 3.05. The lowest BCUT2D eigenvalue weighted by atomic mass is 10.0. The smallest absolute Gasteiger partial charge is 0.0738 e. The van der Waals surface area contributed by atoms with Crippen LogP contribution >= 0.6 is 15.9 Å². The van der Waals surface area contributed by atoms with Crippen LogP contribution in [0.15, 0.2) is 16.7 Å². The second kappa shape index (κ2) is 6.71. The number of aryl methyl sites for hydroxylation is 4. The highest BCUT2D eigenvalue weighted by Crippen LogP contribution is 2.26. The van der Waals surface area contributed by atoms with E-state index in [0.29, 0.717) is 0 Å². The summed E-state index contributed by atoms with van der Waals surface area (Å²) in [6.45, 7) is 9.26. The Kier molecular flexibility index (Phi) is 5.17. The minimum atomic E-state index is 0.196. The number of nitrogens with zero attached hydrogens (tertiary/aromatic N) is 3. The molecule has 0 aliphatic carbocycles. The first-order valence-electron chi connectivity index (χ1n) is 7.28. The van der Waals surface area contributed by atoms with Gasteiger partial charge >= 0.3 is 0 Å². The van der Waals surface area contributed by atoms with Crippen molar-refractivity contribution in [1.29, 1.82) is 0 Å². The van der Waals surface area contributed by atoms with Crippen molar-refractivity contribution in [1.82, 2.24) is 20.1 Å². The number of halogens is 1. The first-order chi connectivity index (χ1) is 9.93. The van der Waals surface area contributed by atoms with Crippen molar-refractivity contribution in [3.05, 3.63) is 44.9 Å². The Bertz CT molecular complexity index is 633. The molecule has 0 amide bonds. The van der Waals surface area contributed by atoms with E-state index < -0.39 is 0 Å². The first kappa shape index (κ1) is 16.2. The lowest BCUT2D eigenvalue weighted by Gasteiger charge is -2.20. The van der Waals surface area contributed by atoms with Gasteiger partial charge in [-0.05, 0) is 54.4 Å². The van der Waals surface area contributed by atoms with E-state index in [2.05, 4.69) is 58.2 Å². The number of hydrogen-bond acceptors (Lipinski definition) is 3. The van der Waals surface area contributed by atoms with Gasteiger partial charge < -0.3 is 5.32 Å². The van der Waals surface area contributed by atoms with E-state index in [1.54, 1.807) is 0 Å². The van der Waals surface area contributed by atoms with Gasteiger partial charge in [-0.3, -0.25) is 9.67 Å². The van der Waals surface area contributed by atoms with Crippen LogP contribution in [0.5, 0.6) is 0 Å². The fraction of sp³-hybridized carbons (Fsp3) is 0.500. The fourth-order valence-corrected chi connectivity index (χ4v) is 3.20. The van der Waals surface area contributed by atoms with Gasteiger partial charge in [0, 0.05) is 19.7 Å². The van der Waals surface area contributed by atoms with Gasteiger partial charge in [-0.15, -0.1) is 0 Å². The summed E-state index contributed by atoms with van der Waals surface area (Å²) in [6, 6.07) is 2.39. The zero-order chi connectivity index (χ0) is 15.6. The monoisotopic (exact) mass is 350 g/mol. The molecule has 0 aliphatic heterocycles. The van der Waals surface area contributed by atoms with Crippen molar-refractivity contribution in [2.45, 2.75) is 40.2 Å². The summed E-state index contributed by atoms with van der Waals surface area (Å²) in [6.07, 6.45) is 2.80. The topological polar surface area (TPSA) is 42.7 Å². The standard InChI is InChI=1S/C16H23BrN4/c1-6-18-13(16-11(3)7-10(2)9-19-16)8-14-15(17)12(4)20-21(14)5/h7,9,13,18H,6,8H2,1-5H3. The van der Waals surface area contributed by atoms with Gasteiger partial charge in [0.2, 0.25) is 0 Å². The van der Waals surface area contributed by atoms with Crippen LogP contribution in [0.1, 0.15) is 41.2 Å². The van der Waals surface area contributed by atoms with E-state index in [-0.39, 0.29) is 6.04 Å². The number of aromatic nitrogens is 3. The van der Waals surface area contributed by atoms with E-state index in [9.17, 15) is 0 Å². The van der Waals surface area contributed by atoms with E-state index in [1.807, 2.05) is 24.9 Å². The van der Waals surface area contributed by atoms with Gasteiger partial charge in [-0.2, -0.15) is 5.10 Å². The van der Waals surface area contributed by atoms with Crippen LogP contribution in [0.3, 0.4) is 0 Å². The van der Waals surface area contributed by atoms with Crippen molar-refractivity contribution >= 4 is 15.9 Å². The molecule has 0 fully saturated rings. The number of rotatable bonds is 5. The van der Waals surface area contributed by atoms with Crippen molar-refractivity contribution in [3.8, 4) is 0 Å². The van der Waals surface area contributed by atoms with Gasteiger partial charge in [0.1, 0.15) is 0 Å². The summed E-state index contributed by atoms with van der Waals surface area (Å²) in [4.78, 5) is 4.65. The molecule has 0 aromatic carbocycles. The summed E-state index contributed by atoms with van der Waals surface area (Å²) in [5.41, 5.74) is 5.77. The maximum absolute atomic E-state index is 4.65. The molecular weight excluding hydrogens is 328 g/mol. The molecule has 0 radical (unpaired) electrons. The third-order valence-corrected chi connectivity index (χ3v) is 4.73. The van der Waals surface area contributed by atoms with Crippen molar-refractivity contribution < 1.29 is 0 Å². The van der Waals surface area contributed by atoms with Crippen LogP contribution in [0.2, 0.25) is 0 Å². The number of likely N-dealkylation sites (N-methyl/N-ethyl adjacent to an activating group) is 1. The molecule has 0 bridgehead atoms. The largest absolute Gasteiger partial charge is 0.309 e. The van der Waals surface area contributed by atoms with Gasteiger partial charge in [-0.1, -0.05) is 13.0 Å². The average molecular weight is 351 g/mol. The zero-order valence-electron chi connectivity index (χ0n) is 13.4. The van der Waals surface area contributed by atoms with Crippen LogP contribution in [0, 0.1) is 20.8 Å². The van der Waals surface area contributed by atoms with Crippen LogP contribution in [0.4, 0.5) is 0 Å². The van der Waals surface area contributed by atoms with Gasteiger partial charge in [0.05, 0.1) is 27.6 Å². The first-order valence-corrected chi connectivity index (χ1v) is 8.07. The maximum atomic E-state index is 4.65. The minimum Gasteiger partial charge on any atom is -0.309 e. The van der Waals surface area contributed by atoms with Crippen LogP contribution in [0.25, 0.3) is 0 Å². The van der Waals surface area contributed by atoms with Crippen molar-refractivity contribution in [3.63, 3.8) is 0 Å². The SMILES string of the molecule is CCNC(Cc1c(Br)c(C)nn1C)c1ncc(C)cc1C. The number of hydrogen-bond donors (Lipinski definition) is 1. The molecular formula is C16H23BrN4. The molecule has 5 heteroatoms. The molecule has 2 heterocycles. The Morgan fingerprint density at radius 2 is 2.05 bits per heavy atom. The van der Waals surface area contributed by atoms with Crippen LogP contribution in [-0.4, -0.2) is 21.3 Å². The molecule has 21 heavy (non-hydrogen) atoms. The molecule has 114 valence electrons. The Balaban J connectivity index is 2.35. The normalized spacial score (nSPS) is 12.7. The molecule has 0 saturated heterocycles. The van der Waals surface area contributed by atoms with E-state index in [4.69, 9.17) is 0 Å². The third-order valence-electron chi connectivity index (χ3n) is 3.70. The highest BCUT2D eigenvalue weighted by atomic mass is 79.9. The Morgan fingerprint density at radius 3 is 2.57 bits per heavy atom. The molecule has 0 spiro atoms. The minimum absolute atomic E-state index is 0.196. The van der Waals surface area contributed by atoms with E-state index >= 15 is 0 Å². The van der Waals surface area contributed by atoms with Crippen LogP contribution < -0.4 is 5.32 Å². The quantitative estimate of drug-likeness (QED) is 0.898. The Morgan fingerprint density at radius 1 is 1.33 bits per heavy atom. The fourth-order valence-electron chi connectivity index (χ4n) is 2.70. The molecule has 1 unspecified atom stereocenters. The summed E-state index contributed by atoms with van der Waals surface area (Å²) in [7, 11) is 1.99. The number of nitrogens with one attached hydrogen (secondary N) is 1. The molecule has 2 rings (SSSR count). The molecule has 4 nitrogen and oxygen atoms in total. The molecule has 2 aromatic heterocycles. The average Bonchev–Trinajstić information content (AvgIpc) is 2.65. The highest BCUT2D eigenvalue weighted by molar-refractivity contribution is 9.10. The van der Waals surface area contributed by atoms with E-state index in [1.165, 1.54) is 16.8 Å². The van der Waals surface area contributed by atoms with E-state index in [0.717, 1.165) is 28.8 Å². The van der Waals surface area contributed by atoms with Crippen molar-refractivity contribution in [2.24, 2.45) is 7.05 Å². The predicted molar refractivity (Wildman–Crippen MR) is 89.5 cm³/mol. The second-order valence-electron chi connectivity index (χ2n) is 5.50. The van der Waals surface area contributed by atoms with Gasteiger partial charge in [0.25, 0.3) is 0 Å². The molecule has 2 aromatic rings. The molecule has 0 aliphatic rings. The Labute approximate surface area is 135 Å². The van der Waals surface area contributed by atoms with Gasteiger partial charge in [0.15, 0.2) is 0 Å². The molecule has 1 atom stereocenters. The summed E-state index contributed by atoms with van der Waals surface area (Å²) >= 11 is 3.65. The predicted octanol–water partition coefficient (Wildman–Crippen LogP) is 3.40. The Hall–Kier alpha value is -1.20. The number of pyridine rings is 1. The highest BCUT2D eigenvalue weighted by Gasteiger charge is 2.20. The maximum Gasteiger partial charge on any atom is 0.0738 e. The lowest BCUT2D eigenvalue weighted by molar-refractivity contribution is 0.514. The second-order valence-corrected chi connectivity index (χ2v) is 6.29. The summed E-state index contributed by atoms with van der Waals surface area (Å²) in [5.74, 6) is 0. The zero-order valence-corrected chi connectivity index (χ0v) is 15.0. The molecule has 0 saturated carbocycles. The van der Waals surface area contributed by atoms with Gasteiger partial charge in [-0.25, -0.2) is 0 Å². The summed E-state index contributed by atoms with van der Waals surface area (Å²) in [5, 5.41) is 8.02. The molecule has 1 N–H and O–H groups in total. The third kappa shape index (κ3) is 3.52. The van der Waals surface area contributed by atoms with Crippen LogP contribution in [-0.2, 0) is 13.5 Å².